The van der Waals surface area contributed by atoms with Gasteiger partial charge in [-0.15, -0.1) is 0 Å². The standard InChI is InChI=1S/C14H14NO2P/c1-11(12-7-3-2-4-8-12)15-18-16-13-9-5-6-10-14(13)17-18/h2-11,15H,1H3/t11-/m0/s1. The lowest BCUT2D eigenvalue weighted by Gasteiger charge is -2.16. The second-order valence-corrected chi connectivity index (χ2v) is 5.29. The first-order valence-corrected chi connectivity index (χ1v) is 7.07. The fourth-order valence-corrected chi connectivity index (χ4v) is 3.09. The maximum absolute atomic E-state index is 5.73. The van der Waals surface area contributed by atoms with E-state index < -0.39 is 8.53 Å². The maximum Gasteiger partial charge on any atom is 0.382 e. The quantitative estimate of drug-likeness (QED) is 0.844. The van der Waals surface area contributed by atoms with Crippen LogP contribution in [0.15, 0.2) is 54.6 Å². The van der Waals surface area contributed by atoms with Crippen LogP contribution >= 0.6 is 8.53 Å². The van der Waals surface area contributed by atoms with Gasteiger partial charge in [0.25, 0.3) is 0 Å². The Kier molecular flexibility index (Phi) is 3.18. The van der Waals surface area contributed by atoms with Crippen molar-refractivity contribution in [1.82, 2.24) is 5.09 Å². The van der Waals surface area contributed by atoms with Crippen LogP contribution in [-0.2, 0) is 0 Å². The van der Waals surface area contributed by atoms with E-state index in [9.17, 15) is 0 Å². The van der Waals surface area contributed by atoms with Gasteiger partial charge in [-0.05, 0) is 24.6 Å². The Morgan fingerprint density at radius 2 is 1.44 bits per heavy atom. The number of para-hydroxylation sites is 2. The summed E-state index contributed by atoms with van der Waals surface area (Å²) < 4.78 is 11.5. The van der Waals surface area contributed by atoms with Gasteiger partial charge in [-0.1, -0.05) is 42.5 Å². The molecule has 0 bridgehead atoms. The van der Waals surface area contributed by atoms with E-state index in [1.54, 1.807) is 0 Å². The highest BCUT2D eigenvalue weighted by atomic mass is 31.2. The van der Waals surface area contributed by atoms with Crippen molar-refractivity contribution in [1.29, 1.82) is 0 Å². The van der Waals surface area contributed by atoms with Crippen molar-refractivity contribution in [3.63, 3.8) is 0 Å². The predicted molar refractivity (Wildman–Crippen MR) is 72.6 cm³/mol. The summed E-state index contributed by atoms with van der Waals surface area (Å²) in [4.78, 5) is 0. The molecule has 0 amide bonds. The van der Waals surface area contributed by atoms with E-state index >= 15 is 0 Å². The summed E-state index contributed by atoms with van der Waals surface area (Å²) in [7, 11) is -1.08. The topological polar surface area (TPSA) is 30.5 Å². The van der Waals surface area contributed by atoms with Gasteiger partial charge >= 0.3 is 8.53 Å². The number of hydrogen-bond acceptors (Lipinski definition) is 3. The van der Waals surface area contributed by atoms with Crippen molar-refractivity contribution in [2.45, 2.75) is 13.0 Å². The van der Waals surface area contributed by atoms with Gasteiger partial charge in [0.05, 0.1) is 0 Å². The number of hydrogen-bond donors (Lipinski definition) is 1. The van der Waals surface area contributed by atoms with E-state index in [0.29, 0.717) is 0 Å². The Morgan fingerprint density at radius 3 is 2.06 bits per heavy atom. The highest BCUT2D eigenvalue weighted by molar-refractivity contribution is 7.46. The molecule has 92 valence electrons. The van der Waals surface area contributed by atoms with Crippen LogP contribution in [0.4, 0.5) is 0 Å². The molecular weight excluding hydrogens is 245 g/mol. The first-order valence-electron chi connectivity index (χ1n) is 5.89. The van der Waals surface area contributed by atoms with Crippen molar-refractivity contribution in [3.8, 4) is 11.5 Å². The summed E-state index contributed by atoms with van der Waals surface area (Å²) in [5.41, 5.74) is 1.23. The Morgan fingerprint density at radius 1 is 0.889 bits per heavy atom. The fourth-order valence-electron chi connectivity index (χ4n) is 1.83. The molecule has 0 saturated carbocycles. The van der Waals surface area contributed by atoms with Crippen LogP contribution in [0.25, 0.3) is 0 Å². The molecule has 2 aromatic rings. The van der Waals surface area contributed by atoms with Crippen LogP contribution in [-0.4, -0.2) is 0 Å². The van der Waals surface area contributed by atoms with E-state index in [1.165, 1.54) is 5.56 Å². The van der Waals surface area contributed by atoms with Crippen LogP contribution in [0.3, 0.4) is 0 Å². The second kappa shape index (κ2) is 4.97. The fraction of sp³-hybridized carbons (Fsp3) is 0.143. The molecule has 0 fully saturated rings. The molecule has 1 heterocycles. The van der Waals surface area contributed by atoms with Crippen LogP contribution in [0.5, 0.6) is 11.5 Å². The third-order valence-corrected chi connectivity index (χ3v) is 4.13. The molecule has 0 aliphatic carbocycles. The minimum atomic E-state index is -1.08. The van der Waals surface area contributed by atoms with Crippen molar-refractivity contribution in [2.75, 3.05) is 0 Å². The Hall–Kier alpha value is -1.57. The first-order chi connectivity index (χ1) is 8.83. The van der Waals surface area contributed by atoms with Crippen LogP contribution in [0.1, 0.15) is 18.5 Å². The lowest BCUT2D eigenvalue weighted by Crippen LogP contribution is -2.15. The van der Waals surface area contributed by atoms with Crippen LogP contribution in [0, 0.1) is 0 Å². The Balaban J connectivity index is 1.66. The minimum absolute atomic E-state index is 0.201. The van der Waals surface area contributed by atoms with E-state index in [0.717, 1.165) is 11.5 Å². The smallest absolute Gasteiger partial charge is 0.382 e. The molecule has 0 radical (unpaired) electrons. The van der Waals surface area contributed by atoms with Gasteiger partial charge in [0.2, 0.25) is 0 Å². The van der Waals surface area contributed by atoms with Gasteiger partial charge in [-0.25, -0.2) is 5.09 Å². The third-order valence-electron chi connectivity index (χ3n) is 2.81. The van der Waals surface area contributed by atoms with Gasteiger partial charge in [0, 0.05) is 6.04 Å². The van der Waals surface area contributed by atoms with Crippen molar-refractivity contribution >= 4 is 8.53 Å². The molecule has 2 aromatic carbocycles. The van der Waals surface area contributed by atoms with E-state index in [4.69, 9.17) is 9.05 Å². The van der Waals surface area contributed by atoms with Crippen molar-refractivity contribution < 1.29 is 9.05 Å². The first kappa shape index (κ1) is 11.5. The molecule has 3 rings (SSSR count). The Bertz CT molecular complexity index is 507. The number of nitrogens with one attached hydrogen (secondary N) is 1. The van der Waals surface area contributed by atoms with Crippen molar-refractivity contribution in [2.24, 2.45) is 0 Å². The minimum Gasteiger partial charge on any atom is -0.423 e. The number of fused-ring (bicyclic) bond motifs is 1. The zero-order valence-corrected chi connectivity index (χ0v) is 10.9. The second-order valence-electron chi connectivity index (χ2n) is 4.15. The largest absolute Gasteiger partial charge is 0.423 e. The summed E-state index contributed by atoms with van der Waals surface area (Å²) in [5.74, 6) is 1.63. The number of rotatable bonds is 3. The van der Waals surface area contributed by atoms with Gasteiger partial charge in [-0.2, -0.15) is 0 Å². The lowest BCUT2D eigenvalue weighted by molar-refractivity contribution is 0.532. The monoisotopic (exact) mass is 259 g/mol. The molecule has 4 heteroatoms. The molecule has 0 aromatic heterocycles. The summed E-state index contributed by atoms with van der Waals surface area (Å²) in [6.45, 7) is 2.10. The SMILES string of the molecule is C[C@H](NP1Oc2ccccc2O1)c1ccccc1. The molecule has 18 heavy (non-hydrogen) atoms. The predicted octanol–water partition coefficient (Wildman–Crippen LogP) is 4.04. The van der Waals surface area contributed by atoms with Gasteiger partial charge in [-0.3, -0.25) is 0 Å². The van der Waals surface area contributed by atoms with E-state index in [1.807, 2.05) is 42.5 Å². The molecular formula is C14H14NO2P. The average Bonchev–Trinajstić information content (AvgIpc) is 2.82. The third kappa shape index (κ3) is 2.33. The highest BCUT2D eigenvalue weighted by Gasteiger charge is 2.27. The maximum atomic E-state index is 5.73. The zero-order valence-electron chi connectivity index (χ0n) is 10.0. The molecule has 1 aliphatic heterocycles. The van der Waals surface area contributed by atoms with Gasteiger partial charge in [0.1, 0.15) is 0 Å². The van der Waals surface area contributed by atoms with Crippen LogP contribution in [0.2, 0.25) is 0 Å². The van der Waals surface area contributed by atoms with E-state index in [-0.39, 0.29) is 6.04 Å². The normalized spacial score (nSPS) is 15.6. The molecule has 0 spiro atoms. The number of benzene rings is 2. The van der Waals surface area contributed by atoms with Gasteiger partial charge < -0.3 is 9.05 Å². The summed E-state index contributed by atoms with van der Waals surface area (Å²) >= 11 is 0. The highest BCUT2D eigenvalue weighted by Crippen LogP contribution is 2.50. The van der Waals surface area contributed by atoms with Gasteiger partial charge in [0.15, 0.2) is 11.5 Å². The Labute approximate surface area is 108 Å². The molecule has 1 N–H and O–H groups in total. The molecule has 1 aliphatic rings. The molecule has 0 unspecified atom stereocenters. The van der Waals surface area contributed by atoms with E-state index in [2.05, 4.69) is 24.1 Å². The lowest BCUT2D eigenvalue weighted by atomic mass is 10.1. The zero-order chi connectivity index (χ0) is 12.4. The molecule has 3 nitrogen and oxygen atoms in total. The summed E-state index contributed by atoms with van der Waals surface area (Å²) in [6, 6.07) is 18.2. The molecule has 1 atom stereocenters. The summed E-state index contributed by atoms with van der Waals surface area (Å²) in [6.07, 6.45) is 0. The summed E-state index contributed by atoms with van der Waals surface area (Å²) in [5, 5.41) is 3.36. The average molecular weight is 259 g/mol. The van der Waals surface area contributed by atoms with Crippen LogP contribution < -0.4 is 14.1 Å². The molecule has 0 saturated heterocycles. The van der Waals surface area contributed by atoms with Crippen molar-refractivity contribution in [3.05, 3.63) is 60.2 Å².